The van der Waals surface area contributed by atoms with Gasteiger partial charge in [0, 0.05) is 11.3 Å². The van der Waals surface area contributed by atoms with Crippen LogP contribution in [0.25, 0.3) is 5.70 Å². The number of hydrogen-bond donors (Lipinski definition) is 1. The van der Waals surface area contributed by atoms with E-state index in [1.807, 2.05) is 30.3 Å². The molecular weight excluding hydrogens is 317 g/mol. The average Bonchev–Trinajstić information content (AvgIpc) is 2.80. The Bertz CT molecular complexity index is 853. The second kappa shape index (κ2) is 7.43. The average molecular weight is 337 g/mol. The maximum Gasteiger partial charge on any atom is 0.307 e. The topological polar surface area (TPSA) is 49.7 Å². The Labute approximate surface area is 146 Å². The Morgan fingerprint density at radius 3 is 2.56 bits per heavy atom. The number of hydrogen-bond acceptors (Lipinski definition) is 2. The molecule has 0 radical (unpaired) electrons. The van der Waals surface area contributed by atoms with Crippen LogP contribution >= 0.6 is 0 Å². The Morgan fingerprint density at radius 1 is 1.12 bits per heavy atom. The zero-order valence-corrected chi connectivity index (χ0v) is 14.1. The van der Waals surface area contributed by atoms with Crippen molar-refractivity contribution in [3.05, 3.63) is 76.6 Å². The van der Waals surface area contributed by atoms with E-state index < -0.39 is 5.97 Å². The first-order chi connectivity index (χ1) is 12.0. The van der Waals surface area contributed by atoms with Gasteiger partial charge in [-0.3, -0.25) is 9.79 Å². The molecule has 0 aliphatic carbocycles. The molecule has 2 aromatic rings. The van der Waals surface area contributed by atoms with Crippen LogP contribution in [0, 0.1) is 12.7 Å². The highest BCUT2D eigenvalue weighted by Crippen LogP contribution is 2.31. The van der Waals surface area contributed by atoms with Gasteiger partial charge in [-0.15, -0.1) is 0 Å². The number of benzene rings is 2. The third-order valence-corrected chi connectivity index (χ3v) is 4.38. The number of carboxylic acids is 1. The molecule has 3 rings (SSSR count). The monoisotopic (exact) mass is 337 g/mol. The summed E-state index contributed by atoms with van der Waals surface area (Å²) in [6, 6.07) is 14.7. The number of rotatable bonds is 4. The first kappa shape index (κ1) is 17.1. The summed E-state index contributed by atoms with van der Waals surface area (Å²) in [6.07, 6.45) is 2.26. The third-order valence-electron chi connectivity index (χ3n) is 4.38. The van der Waals surface area contributed by atoms with E-state index in [2.05, 4.69) is 0 Å². The lowest BCUT2D eigenvalue weighted by Gasteiger charge is -2.10. The quantitative estimate of drug-likeness (QED) is 0.854. The van der Waals surface area contributed by atoms with Crippen LogP contribution in [0.3, 0.4) is 0 Å². The molecule has 0 bridgehead atoms. The summed E-state index contributed by atoms with van der Waals surface area (Å²) in [5.41, 5.74) is 4.84. The van der Waals surface area contributed by atoms with Gasteiger partial charge < -0.3 is 5.11 Å². The van der Waals surface area contributed by atoms with Crippen molar-refractivity contribution >= 4 is 17.4 Å². The molecule has 0 amide bonds. The maximum absolute atomic E-state index is 13.6. The van der Waals surface area contributed by atoms with E-state index in [4.69, 9.17) is 4.99 Å². The zero-order valence-electron chi connectivity index (χ0n) is 14.1. The van der Waals surface area contributed by atoms with Gasteiger partial charge in [-0.2, -0.15) is 0 Å². The maximum atomic E-state index is 13.6. The van der Waals surface area contributed by atoms with E-state index in [0.717, 1.165) is 41.0 Å². The predicted octanol–water partition coefficient (Wildman–Crippen LogP) is 4.99. The largest absolute Gasteiger partial charge is 0.481 e. The summed E-state index contributed by atoms with van der Waals surface area (Å²) >= 11 is 0. The van der Waals surface area contributed by atoms with Gasteiger partial charge in [0.05, 0.1) is 12.1 Å². The summed E-state index contributed by atoms with van der Waals surface area (Å²) in [5.74, 6) is -1.08. The molecule has 0 unspecified atom stereocenters. The molecule has 1 aliphatic rings. The Balaban J connectivity index is 2.11. The number of aliphatic carboxylic acids is 1. The minimum atomic E-state index is -0.847. The summed E-state index contributed by atoms with van der Waals surface area (Å²) < 4.78 is 13.6. The normalized spacial score (nSPS) is 14.9. The lowest BCUT2D eigenvalue weighted by atomic mass is 9.99. The van der Waals surface area contributed by atoms with Gasteiger partial charge in [0.1, 0.15) is 5.82 Å². The fourth-order valence-electron chi connectivity index (χ4n) is 3.11. The van der Waals surface area contributed by atoms with Crippen molar-refractivity contribution in [2.75, 3.05) is 0 Å². The summed E-state index contributed by atoms with van der Waals surface area (Å²) in [4.78, 5) is 16.1. The van der Waals surface area contributed by atoms with Gasteiger partial charge in [-0.05, 0) is 55.0 Å². The minimum Gasteiger partial charge on any atom is -0.481 e. The summed E-state index contributed by atoms with van der Waals surface area (Å²) in [7, 11) is 0. The van der Waals surface area contributed by atoms with E-state index in [1.165, 1.54) is 6.07 Å². The molecule has 25 heavy (non-hydrogen) atoms. The van der Waals surface area contributed by atoms with Crippen LogP contribution in [0.5, 0.6) is 0 Å². The highest BCUT2D eigenvalue weighted by Gasteiger charge is 2.18. The minimum absolute atomic E-state index is 0.0105. The van der Waals surface area contributed by atoms with Crippen molar-refractivity contribution in [2.45, 2.75) is 32.6 Å². The number of carboxylic acid groups (broad SMARTS) is 1. The third kappa shape index (κ3) is 4.02. The second-order valence-electron chi connectivity index (χ2n) is 6.26. The molecule has 1 heterocycles. The molecule has 3 nitrogen and oxygen atoms in total. The van der Waals surface area contributed by atoms with Gasteiger partial charge in [-0.25, -0.2) is 4.39 Å². The van der Waals surface area contributed by atoms with Crippen molar-refractivity contribution in [3.8, 4) is 0 Å². The molecule has 1 aliphatic heterocycles. The van der Waals surface area contributed by atoms with E-state index >= 15 is 0 Å². The van der Waals surface area contributed by atoms with Crippen LogP contribution in [0.15, 0.2) is 59.1 Å². The van der Waals surface area contributed by atoms with Gasteiger partial charge in [0.2, 0.25) is 0 Å². The molecule has 4 heteroatoms. The number of aliphatic imine (C=N–C) groups is 1. The van der Waals surface area contributed by atoms with Crippen molar-refractivity contribution < 1.29 is 14.3 Å². The lowest BCUT2D eigenvalue weighted by molar-refractivity contribution is -0.136. The number of carbonyl (C=O) groups is 1. The van der Waals surface area contributed by atoms with Crippen LogP contribution in [-0.4, -0.2) is 16.8 Å². The molecule has 128 valence electrons. The SMILES string of the molecule is Cc1cc(C2=NC(c3ccccc3)=C(CC(=O)O)CCC2)ccc1F. The molecule has 0 atom stereocenters. The van der Waals surface area contributed by atoms with E-state index in [0.29, 0.717) is 12.0 Å². The Morgan fingerprint density at radius 2 is 1.88 bits per heavy atom. The Hall–Kier alpha value is -2.75. The standard InChI is InChI=1S/C21H20FNO2/c1-14-12-16(10-11-18(14)22)19-9-5-8-17(13-20(24)25)21(23-19)15-6-3-2-4-7-15/h2-4,6-7,10-12H,5,8-9,13H2,1H3,(H,24,25). The van der Waals surface area contributed by atoms with Gasteiger partial charge in [0.15, 0.2) is 0 Å². The molecular formula is C21H20FNO2. The van der Waals surface area contributed by atoms with Crippen LogP contribution < -0.4 is 0 Å². The first-order valence-corrected chi connectivity index (χ1v) is 8.38. The molecule has 0 spiro atoms. The van der Waals surface area contributed by atoms with Gasteiger partial charge in [-0.1, -0.05) is 36.4 Å². The number of halogens is 1. The smallest absolute Gasteiger partial charge is 0.307 e. The molecule has 0 aromatic heterocycles. The van der Waals surface area contributed by atoms with Crippen molar-refractivity contribution in [1.82, 2.24) is 0 Å². The Kier molecular flexibility index (Phi) is 5.08. The van der Waals surface area contributed by atoms with Gasteiger partial charge in [0.25, 0.3) is 0 Å². The zero-order chi connectivity index (χ0) is 17.8. The second-order valence-corrected chi connectivity index (χ2v) is 6.26. The summed E-state index contributed by atoms with van der Waals surface area (Å²) in [5, 5.41) is 9.25. The highest BCUT2D eigenvalue weighted by molar-refractivity contribution is 6.04. The van der Waals surface area contributed by atoms with Crippen LogP contribution in [0.1, 0.15) is 42.4 Å². The first-order valence-electron chi connectivity index (χ1n) is 8.38. The van der Waals surface area contributed by atoms with Crippen LogP contribution in [0.2, 0.25) is 0 Å². The van der Waals surface area contributed by atoms with Crippen LogP contribution in [0.4, 0.5) is 4.39 Å². The lowest BCUT2D eigenvalue weighted by Crippen LogP contribution is -2.02. The predicted molar refractivity (Wildman–Crippen MR) is 97.1 cm³/mol. The van der Waals surface area contributed by atoms with E-state index in [-0.39, 0.29) is 12.2 Å². The number of nitrogens with zero attached hydrogens (tertiary/aromatic N) is 1. The molecule has 0 saturated heterocycles. The van der Waals surface area contributed by atoms with Crippen molar-refractivity contribution in [2.24, 2.45) is 4.99 Å². The number of aryl methyl sites for hydroxylation is 1. The molecule has 1 N–H and O–H groups in total. The summed E-state index contributed by atoms with van der Waals surface area (Å²) in [6.45, 7) is 1.74. The van der Waals surface area contributed by atoms with E-state index in [9.17, 15) is 14.3 Å². The van der Waals surface area contributed by atoms with Crippen molar-refractivity contribution in [3.63, 3.8) is 0 Å². The van der Waals surface area contributed by atoms with Gasteiger partial charge >= 0.3 is 5.97 Å². The van der Waals surface area contributed by atoms with E-state index in [1.54, 1.807) is 19.1 Å². The fraction of sp³-hybridized carbons (Fsp3) is 0.238. The molecule has 0 fully saturated rings. The van der Waals surface area contributed by atoms with Crippen molar-refractivity contribution in [1.29, 1.82) is 0 Å². The fourth-order valence-corrected chi connectivity index (χ4v) is 3.11. The molecule has 0 saturated carbocycles. The molecule has 2 aromatic carbocycles. The van der Waals surface area contributed by atoms with Crippen LogP contribution in [-0.2, 0) is 4.79 Å². The highest BCUT2D eigenvalue weighted by atomic mass is 19.1.